The molecule has 6 nitrogen and oxygen atoms in total. The van der Waals surface area contributed by atoms with Crippen molar-refractivity contribution in [2.45, 2.75) is 26.8 Å². The summed E-state index contributed by atoms with van der Waals surface area (Å²) in [6.45, 7) is 5.72. The molecule has 2 aromatic heterocycles. The summed E-state index contributed by atoms with van der Waals surface area (Å²) in [6, 6.07) is 3.88. The zero-order valence-corrected chi connectivity index (χ0v) is 16.8. The first kappa shape index (κ1) is 17.3. The van der Waals surface area contributed by atoms with E-state index in [9.17, 15) is 4.79 Å². The van der Waals surface area contributed by atoms with E-state index < -0.39 is 0 Å². The molecular formula is C21H20N2O4S. The lowest BCUT2D eigenvalue weighted by atomic mass is 10.1. The van der Waals surface area contributed by atoms with Crippen molar-refractivity contribution in [3.05, 3.63) is 44.3 Å². The van der Waals surface area contributed by atoms with Crippen molar-refractivity contribution in [3.8, 4) is 17.2 Å². The van der Waals surface area contributed by atoms with E-state index in [1.165, 1.54) is 0 Å². The lowest BCUT2D eigenvalue weighted by Crippen LogP contribution is -2.20. The highest BCUT2D eigenvalue weighted by Gasteiger charge is 2.24. The van der Waals surface area contributed by atoms with Crippen molar-refractivity contribution in [1.82, 2.24) is 9.55 Å². The van der Waals surface area contributed by atoms with E-state index in [2.05, 4.69) is 6.08 Å². The molecule has 0 unspecified atom stereocenters. The average molecular weight is 396 g/mol. The maximum absolute atomic E-state index is 13.0. The molecule has 0 atom stereocenters. The van der Waals surface area contributed by atoms with E-state index in [-0.39, 0.29) is 5.56 Å². The maximum Gasteiger partial charge on any atom is 0.262 e. The van der Waals surface area contributed by atoms with Gasteiger partial charge in [-0.05, 0) is 55.2 Å². The van der Waals surface area contributed by atoms with Gasteiger partial charge in [-0.25, -0.2) is 4.98 Å². The number of aromatic nitrogens is 2. The number of rotatable bonds is 2. The number of nitrogens with zero attached hydrogens (tertiary/aromatic N) is 2. The third kappa shape index (κ3) is 2.53. The molecule has 7 heteroatoms. The molecule has 2 aliphatic heterocycles. The molecule has 0 spiro atoms. The summed E-state index contributed by atoms with van der Waals surface area (Å²) >= 11 is 1.58. The molecule has 1 aromatic carbocycles. The van der Waals surface area contributed by atoms with Crippen LogP contribution in [0.1, 0.15) is 28.2 Å². The van der Waals surface area contributed by atoms with E-state index in [0.717, 1.165) is 44.0 Å². The van der Waals surface area contributed by atoms with Crippen molar-refractivity contribution in [2.75, 3.05) is 20.3 Å². The Labute approximate surface area is 166 Å². The van der Waals surface area contributed by atoms with Crippen molar-refractivity contribution < 1.29 is 14.2 Å². The Balaban J connectivity index is 1.64. The standard InChI is InChI=1S/C21H20N2O4S/c1-11-12(2)28-20-17(11)21(24)23-5-4-14(19(23)22-20)8-13-9-15(25-3)18-16(10-13)26-6-7-27-18/h8-10H,4-7H2,1-3H3/b14-8+. The van der Waals surface area contributed by atoms with Crippen LogP contribution in [0, 0.1) is 13.8 Å². The third-order valence-electron chi connectivity index (χ3n) is 5.37. The van der Waals surface area contributed by atoms with Crippen LogP contribution < -0.4 is 19.8 Å². The fourth-order valence-corrected chi connectivity index (χ4v) is 4.86. The van der Waals surface area contributed by atoms with Crippen LogP contribution in [-0.2, 0) is 6.54 Å². The van der Waals surface area contributed by atoms with E-state index in [4.69, 9.17) is 19.2 Å². The largest absolute Gasteiger partial charge is 0.493 e. The van der Waals surface area contributed by atoms with Crippen LogP contribution in [0.5, 0.6) is 17.2 Å². The Bertz CT molecular complexity index is 1190. The minimum absolute atomic E-state index is 0.0602. The molecule has 144 valence electrons. The first-order chi connectivity index (χ1) is 13.6. The van der Waals surface area contributed by atoms with Gasteiger partial charge in [0.25, 0.3) is 5.56 Å². The zero-order chi connectivity index (χ0) is 19.4. The summed E-state index contributed by atoms with van der Waals surface area (Å²) in [5.41, 5.74) is 3.09. The molecule has 0 saturated carbocycles. The number of hydrogen-bond acceptors (Lipinski definition) is 6. The molecule has 0 fully saturated rings. The van der Waals surface area contributed by atoms with Gasteiger partial charge < -0.3 is 14.2 Å². The van der Waals surface area contributed by atoms with E-state index in [1.54, 1.807) is 23.0 Å². The molecule has 0 radical (unpaired) electrons. The summed E-state index contributed by atoms with van der Waals surface area (Å²) in [5, 5.41) is 0.758. The molecule has 4 heterocycles. The minimum atomic E-state index is 0.0602. The molecular weight excluding hydrogens is 376 g/mol. The van der Waals surface area contributed by atoms with Crippen LogP contribution in [0.15, 0.2) is 16.9 Å². The molecule has 0 bridgehead atoms. The van der Waals surface area contributed by atoms with Crippen molar-refractivity contribution in [3.63, 3.8) is 0 Å². The Morgan fingerprint density at radius 3 is 2.89 bits per heavy atom. The molecule has 0 amide bonds. The highest BCUT2D eigenvalue weighted by atomic mass is 32.1. The number of allylic oxidation sites excluding steroid dienone is 1. The highest BCUT2D eigenvalue weighted by molar-refractivity contribution is 7.18. The molecule has 3 aromatic rings. The monoisotopic (exact) mass is 396 g/mol. The van der Waals surface area contributed by atoms with Gasteiger partial charge in [0.1, 0.15) is 23.9 Å². The summed E-state index contributed by atoms with van der Waals surface area (Å²) < 4.78 is 18.7. The van der Waals surface area contributed by atoms with Gasteiger partial charge in [0.2, 0.25) is 5.75 Å². The smallest absolute Gasteiger partial charge is 0.262 e. The van der Waals surface area contributed by atoms with Gasteiger partial charge in [-0.3, -0.25) is 9.36 Å². The maximum atomic E-state index is 13.0. The van der Waals surface area contributed by atoms with Crippen LogP contribution in [0.2, 0.25) is 0 Å². The first-order valence-corrected chi connectivity index (χ1v) is 10.1. The van der Waals surface area contributed by atoms with Crippen LogP contribution in [0.25, 0.3) is 21.9 Å². The number of ether oxygens (including phenoxy) is 3. The molecule has 28 heavy (non-hydrogen) atoms. The van der Waals surface area contributed by atoms with Crippen LogP contribution in [0.3, 0.4) is 0 Å². The Morgan fingerprint density at radius 2 is 2.07 bits per heavy atom. The highest BCUT2D eigenvalue weighted by Crippen LogP contribution is 2.41. The number of thiophene rings is 1. The van der Waals surface area contributed by atoms with Crippen LogP contribution in [0.4, 0.5) is 0 Å². The summed E-state index contributed by atoms with van der Waals surface area (Å²) in [6.07, 6.45) is 2.83. The van der Waals surface area contributed by atoms with Gasteiger partial charge in [0.05, 0.1) is 12.5 Å². The van der Waals surface area contributed by atoms with Gasteiger partial charge in [-0.2, -0.15) is 0 Å². The quantitative estimate of drug-likeness (QED) is 0.659. The average Bonchev–Trinajstić information content (AvgIpc) is 3.22. The number of benzene rings is 1. The number of methoxy groups -OCH3 is 1. The second-order valence-electron chi connectivity index (χ2n) is 7.02. The summed E-state index contributed by atoms with van der Waals surface area (Å²) in [5.74, 6) is 2.73. The van der Waals surface area contributed by atoms with Gasteiger partial charge >= 0.3 is 0 Å². The predicted octanol–water partition coefficient (Wildman–Crippen LogP) is 3.80. The van der Waals surface area contributed by atoms with Gasteiger partial charge in [0.15, 0.2) is 11.5 Å². The van der Waals surface area contributed by atoms with E-state index in [1.807, 2.05) is 26.0 Å². The van der Waals surface area contributed by atoms with Gasteiger partial charge in [-0.1, -0.05) is 0 Å². The van der Waals surface area contributed by atoms with E-state index >= 15 is 0 Å². The zero-order valence-electron chi connectivity index (χ0n) is 16.0. The Morgan fingerprint density at radius 1 is 1.25 bits per heavy atom. The summed E-state index contributed by atoms with van der Waals surface area (Å²) in [7, 11) is 1.62. The Hall–Kier alpha value is -2.80. The topological polar surface area (TPSA) is 62.6 Å². The van der Waals surface area contributed by atoms with E-state index in [0.29, 0.717) is 37.0 Å². The van der Waals surface area contributed by atoms with Crippen molar-refractivity contribution >= 4 is 33.2 Å². The van der Waals surface area contributed by atoms with Crippen molar-refractivity contribution in [1.29, 1.82) is 0 Å². The normalized spacial score (nSPS) is 16.6. The minimum Gasteiger partial charge on any atom is -0.493 e. The number of aryl methyl sites for hydroxylation is 2. The van der Waals surface area contributed by atoms with Crippen molar-refractivity contribution in [2.24, 2.45) is 0 Å². The molecule has 0 aliphatic carbocycles. The Kier molecular flexibility index (Phi) is 3.94. The van der Waals surface area contributed by atoms with Gasteiger partial charge in [-0.15, -0.1) is 11.3 Å². The van der Waals surface area contributed by atoms with Crippen LogP contribution in [-0.4, -0.2) is 29.9 Å². The predicted molar refractivity (Wildman–Crippen MR) is 110 cm³/mol. The van der Waals surface area contributed by atoms with Gasteiger partial charge in [0, 0.05) is 11.4 Å². The number of hydrogen-bond donors (Lipinski definition) is 0. The number of fused-ring (bicyclic) bond motifs is 3. The molecule has 5 rings (SSSR count). The fraction of sp³-hybridized carbons (Fsp3) is 0.333. The molecule has 0 N–H and O–H groups in total. The first-order valence-electron chi connectivity index (χ1n) is 9.26. The van der Waals surface area contributed by atoms with Crippen LogP contribution >= 0.6 is 11.3 Å². The summed E-state index contributed by atoms with van der Waals surface area (Å²) in [4.78, 5) is 19.8. The fourth-order valence-electron chi connectivity index (χ4n) is 3.84. The third-order valence-corrected chi connectivity index (χ3v) is 6.47. The lowest BCUT2D eigenvalue weighted by Gasteiger charge is -2.21. The molecule has 2 aliphatic rings. The second kappa shape index (κ2) is 6.38. The SMILES string of the molecule is COc1cc(/C=C2\CCn3c2nc2sc(C)c(C)c2c3=O)cc2c1OCCO2. The molecule has 0 saturated heterocycles. The lowest BCUT2D eigenvalue weighted by molar-refractivity contribution is 0.165. The second-order valence-corrected chi connectivity index (χ2v) is 8.23.